The minimum absolute atomic E-state index is 0.249. The number of thiazole rings is 1. The van der Waals surface area contributed by atoms with Crippen LogP contribution in [0.5, 0.6) is 0 Å². The number of ether oxygens (including phenoxy) is 1. The van der Waals surface area contributed by atoms with Crippen molar-refractivity contribution in [3.8, 4) is 10.7 Å². The van der Waals surface area contributed by atoms with Crippen molar-refractivity contribution in [2.45, 2.75) is 36.8 Å². The summed E-state index contributed by atoms with van der Waals surface area (Å²) in [4.78, 5) is 9.82. The summed E-state index contributed by atoms with van der Waals surface area (Å²) in [5, 5.41) is 16.0. The van der Waals surface area contributed by atoms with Gasteiger partial charge in [-0.2, -0.15) is 0 Å². The summed E-state index contributed by atoms with van der Waals surface area (Å²) in [6.45, 7) is 6.16. The van der Waals surface area contributed by atoms with Crippen LogP contribution in [0.15, 0.2) is 48.9 Å². The lowest BCUT2D eigenvalue weighted by atomic mass is 9.66. The normalized spacial score (nSPS) is 18.1. The number of hydrogen-bond acceptors (Lipinski definition) is 9. The molecule has 1 aliphatic carbocycles. The smallest absolute Gasteiger partial charge is 0.148 e. The lowest BCUT2D eigenvalue weighted by Gasteiger charge is -2.41. The van der Waals surface area contributed by atoms with Gasteiger partial charge in [-0.3, -0.25) is 4.98 Å². The van der Waals surface area contributed by atoms with Gasteiger partial charge in [0.05, 0.1) is 25.5 Å². The molecule has 2 aliphatic rings. The maximum absolute atomic E-state index is 14.3. The van der Waals surface area contributed by atoms with E-state index in [0.29, 0.717) is 43.5 Å². The van der Waals surface area contributed by atoms with Crippen LogP contribution in [0.1, 0.15) is 29.8 Å². The highest BCUT2D eigenvalue weighted by molar-refractivity contribution is 7.14. The molecule has 1 saturated heterocycles. The zero-order valence-corrected chi connectivity index (χ0v) is 19.0. The fourth-order valence-electron chi connectivity index (χ4n) is 4.05. The first kappa shape index (κ1) is 21.9. The highest BCUT2D eigenvalue weighted by Crippen LogP contribution is 2.43. The fourth-order valence-corrected chi connectivity index (χ4v) is 4.87. The first-order chi connectivity index (χ1) is 16.0. The number of halogens is 1. The molecule has 0 amide bonds. The molecule has 0 atom stereocenters. The standard InChI is InChI=1S/C23H26FN7OS/c1-15(23(25)13-32-14-23)27-10-16-11-28-21(33-16)18-5-6-19(31-30-18)29-12-22(7-3-8-22)20-17(24)4-2-9-26-20/h2,4-6,9,11,27H,1,3,7-8,10,12-14,25H2,(H,29,31). The van der Waals surface area contributed by atoms with E-state index in [1.807, 2.05) is 18.3 Å². The third kappa shape index (κ3) is 4.33. The van der Waals surface area contributed by atoms with Gasteiger partial charge in [-0.1, -0.05) is 13.0 Å². The van der Waals surface area contributed by atoms with E-state index in [0.717, 1.165) is 34.8 Å². The molecule has 0 radical (unpaired) electrons. The Morgan fingerprint density at radius 3 is 2.70 bits per heavy atom. The molecule has 3 aromatic rings. The van der Waals surface area contributed by atoms with Gasteiger partial charge in [0.25, 0.3) is 0 Å². The molecule has 0 unspecified atom stereocenters. The molecule has 0 spiro atoms. The van der Waals surface area contributed by atoms with E-state index in [-0.39, 0.29) is 11.2 Å². The van der Waals surface area contributed by atoms with Gasteiger partial charge < -0.3 is 21.1 Å². The third-order valence-electron chi connectivity index (χ3n) is 6.41. The summed E-state index contributed by atoms with van der Waals surface area (Å²) in [5.74, 6) is 0.396. The van der Waals surface area contributed by atoms with Crippen LogP contribution in [0.3, 0.4) is 0 Å². The van der Waals surface area contributed by atoms with Crippen molar-refractivity contribution >= 4 is 17.2 Å². The van der Waals surface area contributed by atoms with Crippen molar-refractivity contribution in [3.05, 3.63) is 65.3 Å². The summed E-state index contributed by atoms with van der Waals surface area (Å²) in [7, 11) is 0. The van der Waals surface area contributed by atoms with Crippen molar-refractivity contribution in [1.29, 1.82) is 0 Å². The van der Waals surface area contributed by atoms with Gasteiger partial charge in [-0.05, 0) is 37.1 Å². The molecule has 0 aromatic carbocycles. The summed E-state index contributed by atoms with van der Waals surface area (Å²) >= 11 is 1.54. The first-order valence-electron chi connectivity index (χ1n) is 10.9. The zero-order chi connectivity index (χ0) is 22.9. The molecule has 4 heterocycles. The van der Waals surface area contributed by atoms with Crippen LogP contribution in [-0.4, -0.2) is 45.5 Å². The van der Waals surface area contributed by atoms with Crippen molar-refractivity contribution in [1.82, 2.24) is 25.5 Å². The van der Waals surface area contributed by atoms with E-state index in [9.17, 15) is 4.39 Å². The molecule has 2 fully saturated rings. The molecule has 1 saturated carbocycles. The lowest BCUT2D eigenvalue weighted by molar-refractivity contribution is -0.0367. The molecule has 3 aromatic heterocycles. The van der Waals surface area contributed by atoms with E-state index in [1.165, 1.54) is 17.4 Å². The highest BCUT2D eigenvalue weighted by atomic mass is 32.1. The van der Waals surface area contributed by atoms with Crippen LogP contribution in [-0.2, 0) is 16.7 Å². The summed E-state index contributed by atoms with van der Waals surface area (Å²) in [6, 6.07) is 6.86. The van der Waals surface area contributed by atoms with Crippen LogP contribution in [0.25, 0.3) is 10.7 Å². The fraction of sp³-hybridized carbons (Fsp3) is 0.391. The second-order valence-electron chi connectivity index (χ2n) is 8.74. The molecule has 1 aliphatic heterocycles. The molecular weight excluding hydrogens is 441 g/mol. The number of nitrogens with two attached hydrogens (primary N) is 1. The second kappa shape index (κ2) is 8.77. The molecule has 10 heteroatoms. The Morgan fingerprint density at radius 2 is 2.06 bits per heavy atom. The highest BCUT2D eigenvalue weighted by Gasteiger charge is 2.42. The Hall–Kier alpha value is -2.95. The third-order valence-corrected chi connectivity index (χ3v) is 7.43. The average Bonchev–Trinajstić information content (AvgIpc) is 3.25. The Labute approximate surface area is 195 Å². The van der Waals surface area contributed by atoms with Crippen molar-refractivity contribution < 1.29 is 9.13 Å². The number of aromatic nitrogens is 4. The van der Waals surface area contributed by atoms with Gasteiger partial charge in [0, 0.05) is 34.9 Å². The molecule has 8 nitrogen and oxygen atoms in total. The monoisotopic (exact) mass is 467 g/mol. The second-order valence-corrected chi connectivity index (χ2v) is 9.85. The molecule has 0 bridgehead atoms. The van der Waals surface area contributed by atoms with Crippen LogP contribution >= 0.6 is 11.3 Å². The van der Waals surface area contributed by atoms with E-state index >= 15 is 0 Å². The maximum Gasteiger partial charge on any atom is 0.148 e. The largest absolute Gasteiger partial charge is 0.382 e. The van der Waals surface area contributed by atoms with Gasteiger partial charge in [-0.15, -0.1) is 21.5 Å². The van der Waals surface area contributed by atoms with E-state index in [4.69, 9.17) is 10.5 Å². The first-order valence-corrected chi connectivity index (χ1v) is 11.7. The zero-order valence-electron chi connectivity index (χ0n) is 18.2. The number of hydrogen-bond donors (Lipinski definition) is 3. The minimum atomic E-state index is -0.484. The van der Waals surface area contributed by atoms with Crippen molar-refractivity contribution in [2.75, 3.05) is 25.1 Å². The van der Waals surface area contributed by atoms with Crippen LogP contribution in [0.4, 0.5) is 10.2 Å². The maximum atomic E-state index is 14.3. The topological polar surface area (TPSA) is 111 Å². The van der Waals surface area contributed by atoms with Crippen molar-refractivity contribution in [3.63, 3.8) is 0 Å². The number of nitrogens with zero attached hydrogens (tertiary/aromatic N) is 4. The Balaban J connectivity index is 1.19. The average molecular weight is 468 g/mol. The Bertz CT molecular complexity index is 1140. The number of nitrogens with one attached hydrogen (secondary N) is 2. The molecule has 5 rings (SSSR count). The molecule has 33 heavy (non-hydrogen) atoms. The SMILES string of the molecule is C=C(NCc1cnc(-c2ccc(NCC3(c4ncccc4F)CCC3)nn2)s1)C1(N)COC1. The van der Waals surface area contributed by atoms with Crippen LogP contribution in [0, 0.1) is 5.82 Å². The van der Waals surface area contributed by atoms with Crippen LogP contribution < -0.4 is 16.4 Å². The van der Waals surface area contributed by atoms with Gasteiger partial charge >= 0.3 is 0 Å². The van der Waals surface area contributed by atoms with E-state index in [2.05, 4.69) is 37.4 Å². The lowest BCUT2D eigenvalue weighted by Crippen LogP contribution is -2.60. The predicted octanol–water partition coefficient (Wildman–Crippen LogP) is 3.00. The van der Waals surface area contributed by atoms with Crippen LogP contribution in [0.2, 0.25) is 0 Å². The summed E-state index contributed by atoms with van der Waals surface area (Å²) < 4.78 is 19.5. The van der Waals surface area contributed by atoms with E-state index < -0.39 is 5.54 Å². The number of pyridine rings is 1. The van der Waals surface area contributed by atoms with E-state index in [1.54, 1.807) is 12.3 Å². The van der Waals surface area contributed by atoms with Gasteiger partial charge in [-0.25, -0.2) is 9.37 Å². The quantitative estimate of drug-likeness (QED) is 0.441. The number of rotatable bonds is 9. The summed E-state index contributed by atoms with van der Waals surface area (Å²) in [5.41, 5.74) is 7.41. The Morgan fingerprint density at radius 1 is 1.21 bits per heavy atom. The predicted molar refractivity (Wildman–Crippen MR) is 125 cm³/mol. The molecular formula is C23H26FN7OS. The van der Waals surface area contributed by atoms with Crippen molar-refractivity contribution in [2.24, 2.45) is 5.73 Å². The summed E-state index contributed by atoms with van der Waals surface area (Å²) in [6.07, 6.45) is 6.34. The minimum Gasteiger partial charge on any atom is -0.382 e. The molecule has 4 N–H and O–H groups in total. The Kier molecular flexibility index (Phi) is 5.81. The van der Waals surface area contributed by atoms with Gasteiger partial charge in [0.2, 0.25) is 0 Å². The van der Waals surface area contributed by atoms with Gasteiger partial charge in [0.1, 0.15) is 27.9 Å². The van der Waals surface area contributed by atoms with Gasteiger partial charge in [0.15, 0.2) is 0 Å². The number of anilines is 1. The molecule has 172 valence electrons.